The van der Waals surface area contributed by atoms with E-state index in [1.807, 2.05) is 0 Å². The molecule has 1 aromatic rings. The Balaban J connectivity index is 2.88. The van der Waals surface area contributed by atoms with Gasteiger partial charge in [0.05, 0.1) is 18.0 Å². The minimum absolute atomic E-state index is 0.190. The Hall–Kier alpha value is -1.64. The number of hydrogen-bond acceptors (Lipinski definition) is 4. The summed E-state index contributed by atoms with van der Waals surface area (Å²) in [4.78, 5) is 4.38. The number of aliphatic imine (C=N–C) groups is 1. The first-order chi connectivity index (χ1) is 9.89. The molecule has 3 N–H and O–H groups in total. The lowest BCUT2D eigenvalue weighted by Crippen LogP contribution is -2.34. The monoisotopic (exact) mass is 314 g/mol. The van der Waals surface area contributed by atoms with Crippen molar-refractivity contribution in [3.63, 3.8) is 0 Å². The van der Waals surface area contributed by atoms with Gasteiger partial charge in [-0.05, 0) is 11.6 Å². The maximum atomic E-state index is 12.2. The van der Waals surface area contributed by atoms with E-state index in [4.69, 9.17) is 10.5 Å². The number of methoxy groups -OCH3 is 1. The molecule has 0 fully saturated rings. The van der Waals surface area contributed by atoms with E-state index in [9.17, 15) is 8.42 Å². The van der Waals surface area contributed by atoms with Crippen molar-refractivity contribution in [1.29, 1.82) is 0 Å². The fraction of sp³-hybridized carbons (Fsp3) is 0.462. The molecular formula is C13H22N4O3S. The van der Waals surface area contributed by atoms with E-state index in [-0.39, 0.29) is 17.4 Å². The summed E-state index contributed by atoms with van der Waals surface area (Å²) in [7, 11) is 1.09. The van der Waals surface area contributed by atoms with Crippen molar-refractivity contribution in [3.05, 3.63) is 29.8 Å². The van der Waals surface area contributed by atoms with E-state index >= 15 is 0 Å². The molecule has 0 saturated heterocycles. The van der Waals surface area contributed by atoms with Gasteiger partial charge in [0.25, 0.3) is 0 Å². The largest absolute Gasteiger partial charge is 0.383 e. The highest BCUT2D eigenvalue weighted by atomic mass is 32.2. The molecule has 1 rings (SSSR count). The van der Waals surface area contributed by atoms with E-state index in [0.717, 1.165) is 0 Å². The van der Waals surface area contributed by atoms with Gasteiger partial charge in [-0.2, -0.15) is 0 Å². The molecule has 0 aliphatic heterocycles. The van der Waals surface area contributed by atoms with Crippen molar-refractivity contribution in [2.75, 3.05) is 34.4 Å². The lowest BCUT2D eigenvalue weighted by atomic mass is 10.2. The number of ether oxygens (including phenoxy) is 1. The summed E-state index contributed by atoms with van der Waals surface area (Å²) in [6.45, 7) is 1.25. The van der Waals surface area contributed by atoms with Crippen LogP contribution >= 0.6 is 0 Å². The van der Waals surface area contributed by atoms with Crippen molar-refractivity contribution >= 4 is 16.0 Å². The van der Waals surface area contributed by atoms with Gasteiger partial charge in [-0.1, -0.05) is 18.2 Å². The van der Waals surface area contributed by atoms with Crippen molar-refractivity contribution in [3.8, 4) is 0 Å². The topological polar surface area (TPSA) is 97.0 Å². The number of hydrogen-bond donors (Lipinski definition) is 2. The Bertz CT molecular complexity index is 585. The van der Waals surface area contributed by atoms with Gasteiger partial charge >= 0.3 is 0 Å². The molecule has 0 unspecified atom stereocenters. The fourth-order valence-corrected chi connectivity index (χ4v) is 2.70. The van der Waals surface area contributed by atoms with Gasteiger partial charge in [-0.3, -0.25) is 0 Å². The zero-order valence-electron chi connectivity index (χ0n) is 12.5. The third-order valence-corrected chi connectivity index (χ3v) is 4.68. The lowest BCUT2D eigenvalue weighted by molar-refractivity contribution is 0.204. The highest BCUT2D eigenvalue weighted by Gasteiger charge is 2.20. The first-order valence-electron chi connectivity index (χ1n) is 6.42. The van der Waals surface area contributed by atoms with Gasteiger partial charge in [0.2, 0.25) is 10.0 Å². The molecule has 0 radical (unpaired) electrons. The minimum atomic E-state index is -3.49. The van der Waals surface area contributed by atoms with Gasteiger partial charge in [0.15, 0.2) is 5.96 Å². The zero-order chi connectivity index (χ0) is 15.9. The minimum Gasteiger partial charge on any atom is -0.383 e. The third-order valence-electron chi connectivity index (χ3n) is 2.76. The van der Waals surface area contributed by atoms with Crippen LogP contribution in [0.15, 0.2) is 34.2 Å². The Morgan fingerprint density at radius 3 is 2.67 bits per heavy atom. The average Bonchev–Trinajstić information content (AvgIpc) is 2.45. The van der Waals surface area contributed by atoms with Crippen LogP contribution in [0, 0.1) is 0 Å². The van der Waals surface area contributed by atoms with Crippen LogP contribution in [0.1, 0.15) is 5.56 Å². The standard InChI is InChI=1S/C13H22N4O3S/c1-17(2)21(18,19)12-7-5-4-6-11(12)10-16-13(14)15-8-9-20-3/h4-7H,8-10H2,1-3H3,(H3,14,15,16). The number of nitrogens with one attached hydrogen (secondary N) is 1. The maximum Gasteiger partial charge on any atom is 0.242 e. The second-order valence-corrected chi connectivity index (χ2v) is 6.64. The molecule has 7 nitrogen and oxygen atoms in total. The second-order valence-electron chi connectivity index (χ2n) is 4.52. The van der Waals surface area contributed by atoms with Crippen molar-refractivity contribution in [2.45, 2.75) is 11.4 Å². The molecule has 1 aromatic carbocycles. The normalized spacial score (nSPS) is 12.7. The SMILES string of the molecule is COCCNC(N)=NCc1ccccc1S(=O)(=O)N(C)C. The Morgan fingerprint density at radius 2 is 2.05 bits per heavy atom. The molecule has 0 aliphatic carbocycles. The maximum absolute atomic E-state index is 12.2. The summed E-state index contributed by atoms with van der Waals surface area (Å²) >= 11 is 0. The van der Waals surface area contributed by atoms with E-state index in [2.05, 4.69) is 10.3 Å². The number of rotatable bonds is 7. The van der Waals surface area contributed by atoms with Crippen LogP contribution in [-0.4, -0.2) is 53.0 Å². The van der Waals surface area contributed by atoms with Crippen LogP contribution in [0.5, 0.6) is 0 Å². The summed E-state index contributed by atoms with van der Waals surface area (Å²) < 4.78 is 30.5. The molecular weight excluding hydrogens is 292 g/mol. The van der Waals surface area contributed by atoms with Gasteiger partial charge in [-0.25, -0.2) is 17.7 Å². The molecule has 0 amide bonds. The third kappa shape index (κ3) is 5.00. The molecule has 8 heteroatoms. The van der Waals surface area contributed by atoms with E-state index in [1.165, 1.54) is 18.4 Å². The summed E-state index contributed by atoms with van der Waals surface area (Å²) in [6, 6.07) is 6.74. The Kier molecular flexibility index (Phi) is 6.60. The summed E-state index contributed by atoms with van der Waals surface area (Å²) in [5.41, 5.74) is 6.30. The molecule has 0 heterocycles. The van der Waals surface area contributed by atoms with E-state index in [1.54, 1.807) is 31.4 Å². The summed E-state index contributed by atoms with van der Waals surface area (Å²) in [5, 5.41) is 2.88. The van der Waals surface area contributed by atoms with Crippen LogP contribution in [0.2, 0.25) is 0 Å². The molecule has 0 aromatic heterocycles. The molecule has 0 spiro atoms. The molecule has 21 heavy (non-hydrogen) atoms. The number of nitrogens with two attached hydrogens (primary N) is 1. The van der Waals surface area contributed by atoms with Gasteiger partial charge in [-0.15, -0.1) is 0 Å². The van der Waals surface area contributed by atoms with Crippen LogP contribution in [0.3, 0.4) is 0 Å². The highest BCUT2D eigenvalue weighted by Crippen LogP contribution is 2.19. The van der Waals surface area contributed by atoms with Gasteiger partial charge in [0, 0.05) is 27.7 Å². The van der Waals surface area contributed by atoms with Crippen molar-refractivity contribution in [1.82, 2.24) is 9.62 Å². The second kappa shape index (κ2) is 7.96. The Labute approximate surface area is 125 Å². The smallest absolute Gasteiger partial charge is 0.242 e. The van der Waals surface area contributed by atoms with Gasteiger partial charge < -0.3 is 15.8 Å². The van der Waals surface area contributed by atoms with Crippen LogP contribution < -0.4 is 11.1 Å². The van der Waals surface area contributed by atoms with Crippen LogP contribution in [0.25, 0.3) is 0 Å². The molecule has 0 bridgehead atoms. The molecule has 0 atom stereocenters. The van der Waals surface area contributed by atoms with Crippen molar-refractivity contribution in [2.24, 2.45) is 10.7 Å². The summed E-state index contributed by atoms with van der Waals surface area (Å²) in [6.07, 6.45) is 0. The predicted molar refractivity (Wildman–Crippen MR) is 82.5 cm³/mol. The summed E-state index contributed by atoms with van der Waals surface area (Å²) in [5.74, 6) is 0.254. The first kappa shape index (κ1) is 17.4. The zero-order valence-corrected chi connectivity index (χ0v) is 13.4. The molecule has 118 valence electrons. The predicted octanol–water partition coefficient (Wildman–Crippen LogP) is -0.0124. The average molecular weight is 314 g/mol. The number of sulfonamides is 1. The van der Waals surface area contributed by atoms with Gasteiger partial charge in [0.1, 0.15) is 0 Å². The van der Waals surface area contributed by atoms with Crippen LogP contribution in [-0.2, 0) is 21.3 Å². The van der Waals surface area contributed by atoms with E-state index < -0.39 is 10.0 Å². The quantitative estimate of drug-likeness (QED) is 0.419. The van der Waals surface area contributed by atoms with Crippen LogP contribution in [0.4, 0.5) is 0 Å². The fourth-order valence-electron chi connectivity index (χ4n) is 1.59. The number of guanidine groups is 1. The highest BCUT2D eigenvalue weighted by molar-refractivity contribution is 7.89. The molecule has 0 aliphatic rings. The van der Waals surface area contributed by atoms with Crippen molar-refractivity contribution < 1.29 is 13.2 Å². The number of nitrogens with zero attached hydrogens (tertiary/aromatic N) is 2. The lowest BCUT2D eigenvalue weighted by Gasteiger charge is -2.14. The Morgan fingerprint density at radius 1 is 1.38 bits per heavy atom. The molecule has 0 saturated carbocycles. The van der Waals surface area contributed by atoms with E-state index in [0.29, 0.717) is 18.7 Å². The number of benzene rings is 1. The first-order valence-corrected chi connectivity index (χ1v) is 7.86.